The Labute approximate surface area is 417 Å². The van der Waals surface area contributed by atoms with Crippen molar-refractivity contribution < 1.29 is 4.42 Å². The zero-order chi connectivity index (χ0) is 47.5. The van der Waals surface area contributed by atoms with Gasteiger partial charge in [-0.15, -0.1) is 0 Å². The first-order valence-electron chi connectivity index (χ1n) is 25.3. The number of furan rings is 1. The zero-order valence-electron chi connectivity index (χ0n) is 39.9. The van der Waals surface area contributed by atoms with Gasteiger partial charge in [-0.05, 0) is 135 Å². The lowest BCUT2D eigenvalue weighted by atomic mass is 9.70. The molecular formula is C70H45NO. The molecule has 13 aromatic rings. The molecule has 0 atom stereocenters. The molecular weight excluding hydrogens is 871 g/mol. The summed E-state index contributed by atoms with van der Waals surface area (Å²) < 4.78 is 7.04. The van der Waals surface area contributed by atoms with Gasteiger partial charge in [0.2, 0.25) is 0 Å². The topological polar surface area (TPSA) is 16.4 Å². The molecule has 3 aliphatic carbocycles. The number of anilines is 3. The number of benzene rings is 12. The minimum Gasteiger partial charge on any atom is -0.455 e. The van der Waals surface area contributed by atoms with Gasteiger partial charge in [0.1, 0.15) is 11.2 Å². The molecule has 0 aliphatic heterocycles. The van der Waals surface area contributed by atoms with E-state index in [0.717, 1.165) is 50.1 Å². The van der Waals surface area contributed by atoms with Crippen molar-refractivity contribution in [3.05, 3.63) is 270 Å². The molecule has 72 heavy (non-hydrogen) atoms. The minimum absolute atomic E-state index is 0.309. The van der Waals surface area contributed by atoms with E-state index < -0.39 is 5.41 Å². The molecule has 1 heterocycles. The van der Waals surface area contributed by atoms with Crippen LogP contribution in [0.3, 0.4) is 0 Å². The van der Waals surface area contributed by atoms with E-state index >= 15 is 0 Å². The highest BCUT2D eigenvalue weighted by Gasteiger charge is 2.52. The first kappa shape index (κ1) is 39.8. The highest BCUT2D eigenvalue weighted by Crippen LogP contribution is 2.65. The molecule has 1 aromatic heterocycles. The molecule has 0 fully saturated rings. The average Bonchev–Trinajstić information content (AvgIpc) is 4.13. The van der Waals surface area contributed by atoms with Crippen molar-refractivity contribution in [3.63, 3.8) is 0 Å². The summed E-state index contributed by atoms with van der Waals surface area (Å²) in [5, 5.41) is 9.73. The van der Waals surface area contributed by atoms with Crippen LogP contribution < -0.4 is 4.90 Å². The lowest BCUT2D eigenvalue weighted by Gasteiger charge is -2.35. The molecule has 16 rings (SSSR count). The Morgan fingerprint density at radius 1 is 0.306 bits per heavy atom. The van der Waals surface area contributed by atoms with Crippen LogP contribution in [0.2, 0.25) is 0 Å². The Kier molecular flexibility index (Phi) is 7.92. The third-order valence-corrected chi connectivity index (χ3v) is 16.8. The van der Waals surface area contributed by atoms with Crippen LogP contribution in [0.25, 0.3) is 98.8 Å². The summed E-state index contributed by atoms with van der Waals surface area (Å²) in [6.45, 7) is 4.83. The highest BCUT2D eigenvalue weighted by molar-refractivity contribution is 6.26. The smallest absolute Gasteiger partial charge is 0.143 e. The maximum atomic E-state index is 7.04. The molecule has 336 valence electrons. The number of hydrogen-bond acceptors (Lipinski definition) is 2. The second-order valence-electron chi connectivity index (χ2n) is 20.6. The van der Waals surface area contributed by atoms with E-state index in [0.29, 0.717) is 0 Å². The third kappa shape index (κ3) is 5.03. The predicted octanol–water partition coefficient (Wildman–Crippen LogP) is 18.8. The van der Waals surface area contributed by atoms with Crippen LogP contribution in [-0.2, 0) is 10.8 Å². The van der Waals surface area contributed by atoms with Crippen molar-refractivity contribution in [1.29, 1.82) is 0 Å². The van der Waals surface area contributed by atoms with Crippen molar-refractivity contribution in [1.82, 2.24) is 0 Å². The fourth-order valence-electron chi connectivity index (χ4n) is 13.9. The summed E-state index contributed by atoms with van der Waals surface area (Å²) in [4.78, 5) is 2.62. The summed E-state index contributed by atoms with van der Waals surface area (Å²) >= 11 is 0. The molecule has 0 amide bonds. The molecule has 0 N–H and O–H groups in total. The maximum absolute atomic E-state index is 7.04. The van der Waals surface area contributed by atoms with Crippen LogP contribution in [0, 0.1) is 0 Å². The quantitative estimate of drug-likeness (QED) is 0.164. The molecule has 2 heteroatoms. The largest absolute Gasteiger partial charge is 0.455 e. The van der Waals surface area contributed by atoms with Gasteiger partial charge in [-0.25, -0.2) is 0 Å². The van der Waals surface area contributed by atoms with E-state index in [1.54, 1.807) is 0 Å². The lowest BCUT2D eigenvalue weighted by molar-refractivity contribution is 0.660. The second kappa shape index (κ2) is 14.3. The molecule has 3 aliphatic rings. The van der Waals surface area contributed by atoms with E-state index in [4.69, 9.17) is 4.42 Å². The Morgan fingerprint density at radius 2 is 0.778 bits per heavy atom. The number of nitrogens with zero attached hydrogens (tertiary/aromatic N) is 1. The summed E-state index contributed by atoms with van der Waals surface area (Å²) in [6.07, 6.45) is 0. The molecule has 12 aromatic carbocycles. The number of para-hydroxylation sites is 2. The summed E-state index contributed by atoms with van der Waals surface area (Å²) in [7, 11) is 0. The summed E-state index contributed by atoms with van der Waals surface area (Å²) in [5.41, 5.74) is 22.0. The van der Waals surface area contributed by atoms with Gasteiger partial charge in [0.05, 0.1) is 16.8 Å². The van der Waals surface area contributed by atoms with Crippen LogP contribution in [0.1, 0.15) is 47.2 Å². The fraction of sp³-hybridized carbons (Fsp3) is 0.0571. The van der Waals surface area contributed by atoms with Crippen LogP contribution in [-0.4, -0.2) is 0 Å². The summed E-state index contributed by atoms with van der Waals surface area (Å²) in [6, 6.07) is 88.8. The fourth-order valence-corrected chi connectivity index (χ4v) is 13.9. The van der Waals surface area contributed by atoms with Gasteiger partial charge in [-0.2, -0.15) is 0 Å². The van der Waals surface area contributed by atoms with Crippen molar-refractivity contribution >= 4 is 71.3 Å². The van der Waals surface area contributed by atoms with Crippen molar-refractivity contribution in [3.8, 4) is 44.5 Å². The van der Waals surface area contributed by atoms with E-state index in [-0.39, 0.29) is 5.41 Å². The third-order valence-electron chi connectivity index (χ3n) is 16.8. The van der Waals surface area contributed by atoms with Gasteiger partial charge in [0.25, 0.3) is 0 Å². The average molecular weight is 916 g/mol. The monoisotopic (exact) mass is 915 g/mol. The van der Waals surface area contributed by atoms with E-state index in [1.807, 2.05) is 0 Å². The highest BCUT2D eigenvalue weighted by atomic mass is 16.3. The van der Waals surface area contributed by atoms with Gasteiger partial charge in [-0.1, -0.05) is 214 Å². The first-order valence-corrected chi connectivity index (χ1v) is 25.3. The molecule has 0 bridgehead atoms. The zero-order valence-corrected chi connectivity index (χ0v) is 39.9. The molecule has 0 saturated heterocycles. The van der Waals surface area contributed by atoms with Gasteiger partial charge >= 0.3 is 0 Å². The Morgan fingerprint density at radius 3 is 1.43 bits per heavy atom. The molecule has 0 radical (unpaired) electrons. The number of rotatable bonds is 4. The van der Waals surface area contributed by atoms with Gasteiger partial charge < -0.3 is 9.32 Å². The number of hydrogen-bond donors (Lipinski definition) is 0. The molecule has 2 nitrogen and oxygen atoms in total. The minimum atomic E-state index is -0.559. The van der Waals surface area contributed by atoms with Crippen LogP contribution in [0.4, 0.5) is 17.1 Å². The van der Waals surface area contributed by atoms with Crippen molar-refractivity contribution in [2.45, 2.75) is 24.7 Å². The van der Waals surface area contributed by atoms with Gasteiger partial charge in [0.15, 0.2) is 0 Å². The van der Waals surface area contributed by atoms with Crippen LogP contribution >= 0.6 is 0 Å². The van der Waals surface area contributed by atoms with Gasteiger partial charge in [0, 0.05) is 33.0 Å². The maximum Gasteiger partial charge on any atom is 0.143 e. The van der Waals surface area contributed by atoms with Crippen molar-refractivity contribution in [2.75, 3.05) is 4.90 Å². The molecule has 1 spiro atoms. The Bertz CT molecular complexity index is 4430. The summed E-state index contributed by atoms with van der Waals surface area (Å²) in [5.74, 6) is 0. The van der Waals surface area contributed by atoms with E-state index in [2.05, 4.69) is 255 Å². The lowest BCUT2D eigenvalue weighted by Crippen LogP contribution is -2.26. The van der Waals surface area contributed by atoms with Crippen LogP contribution in [0.5, 0.6) is 0 Å². The van der Waals surface area contributed by atoms with E-state index in [9.17, 15) is 0 Å². The normalized spacial score (nSPS) is 14.2. The Hall–Kier alpha value is -8.98. The molecule has 0 saturated carbocycles. The Balaban J connectivity index is 1.09. The van der Waals surface area contributed by atoms with Crippen molar-refractivity contribution in [2.24, 2.45) is 0 Å². The van der Waals surface area contributed by atoms with E-state index in [1.165, 1.54) is 99.1 Å². The standard InChI is InChI=1S/C70H45NO/c1-69(2)59-31-12-7-25-50(59)53-28-18-35-64(67(53)69)71(42-37-38-47-45-21-4-3-19-43(45)44-20-5-6-22-46(44)56(47)39-42)65-41-63-57(40-58(65)55-30-17-29-54-52-27-11-16-36-66(52)72-68(54)55)51-26-10-15-34-62(51)70(63)60-32-13-8-23-48(60)49-24-9-14-33-61(49)70/h3-41H,1-2H3. The van der Waals surface area contributed by atoms with Crippen LogP contribution in [0.15, 0.2) is 241 Å². The number of fused-ring (bicyclic) bond motifs is 22. The molecule has 0 unspecified atom stereocenters. The SMILES string of the molecule is CC1(C)c2ccccc2-c2cccc(N(c3ccc4c5ccccc5c5ccccc5c4c3)c3cc4c(cc3-c3cccc5c3oc3ccccc35)-c3ccccc3C43c4ccccc4-c4ccccc43)c21. The van der Waals surface area contributed by atoms with Gasteiger partial charge in [-0.3, -0.25) is 0 Å². The first-order chi connectivity index (χ1) is 35.5. The predicted molar refractivity (Wildman–Crippen MR) is 300 cm³/mol. The second-order valence-corrected chi connectivity index (χ2v) is 20.6.